The Balaban J connectivity index is 1.33. The first-order valence-corrected chi connectivity index (χ1v) is 9.81. The smallest absolute Gasteiger partial charge is 0.223 e. The van der Waals surface area contributed by atoms with Crippen molar-refractivity contribution in [1.82, 2.24) is 10.1 Å². The lowest BCUT2D eigenvalue weighted by Crippen LogP contribution is -2.36. The molecule has 2 aromatic carbocycles. The maximum absolute atomic E-state index is 13.2. The Morgan fingerprint density at radius 3 is 2.69 bits per heavy atom. The third-order valence-electron chi connectivity index (χ3n) is 5.12. The molecule has 1 aliphatic heterocycles. The maximum Gasteiger partial charge on any atom is 0.223 e. The highest BCUT2D eigenvalue weighted by Gasteiger charge is 2.27. The molecule has 0 fully saturated rings. The Morgan fingerprint density at radius 1 is 1.17 bits per heavy atom. The molecule has 0 saturated carbocycles. The molecule has 0 saturated heterocycles. The molecule has 1 aromatic heterocycles. The molecule has 1 amide bonds. The highest BCUT2D eigenvalue weighted by atomic mass is 19.1. The second-order valence-corrected chi connectivity index (χ2v) is 7.27. The lowest BCUT2D eigenvalue weighted by Gasteiger charge is -2.26. The van der Waals surface area contributed by atoms with Crippen LogP contribution < -0.4 is 4.74 Å². The predicted octanol–water partition coefficient (Wildman–Crippen LogP) is 4.53. The Kier molecular flexibility index (Phi) is 5.60. The van der Waals surface area contributed by atoms with Crippen LogP contribution in [0.25, 0.3) is 11.3 Å². The Bertz CT molecular complexity index is 980. The molecule has 0 spiro atoms. The number of hydrogen-bond acceptors (Lipinski definition) is 4. The fourth-order valence-corrected chi connectivity index (χ4v) is 3.46. The zero-order chi connectivity index (χ0) is 20.2. The molecule has 1 aliphatic rings. The summed E-state index contributed by atoms with van der Waals surface area (Å²) in [4.78, 5) is 14.5. The summed E-state index contributed by atoms with van der Waals surface area (Å²) >= 11 is 0. The van der Waals surface area contributed by atoms with Crippen molar-refractivity contribution >= 4 is 5.91 Å². The van der Waals surface area contributed by atoms with E-state index in [2.05, 4.69) is 5.16 Å². The van der Waals surface area contributed by atoms with Crippen LogP contribution in [0.1, 0.15) is 29.7 Å². The van der Waals surface area contributed by atoms with Crippen molar-refractivity contribution in [3.05, 3.63) is 71.2 Å². The minimum absolute atomic E-state index is 0.0920. The number of fused-ring (bicyclic) bond motifs is 1. The van der Waals surface area contributed by atoms with Crippen molar-refractivity contribution in [2.75, 3.05) is 13.2 Å². The average Bonchev–Trinajstić information content (AvgIpc) is 3.16. The highest BCUT2D eigenvalue weighted by Crippen LogP contribution is 2.30. The van der Waals surface area contributed by atoms with Gasteiger partial charge in [0.25, 0.3) is 0 Å². The fourth-order valence-electron chi connectivity index (χ4n) is 3.46. The Hall–Kier alpha value is -3.15. The summed E-state index contributed by atoms with van der Waals surface area (Å²) in [5.41, 5.74) is 3.73. The molecule has 4 rings (SSSR count). The second-order valence-electron chi connectivity index (χ2n) is 7.27. The Labute approximate surface area is 169 Å². The van der Waals surface area contributed by atoms with Gasteiger partial charge in [-0.25, -0.2) is 4.39 Å². The summed E-state index contributed by atoms with van der Waals surface area (Å²) in [5.74, 6) is 1.22. The number of ether oxygens (including phenoxy) is 1. The lowest BCUT2D eigenvalue weighted by molar-refractivity contribution is -0.132. The van der Waals surface area contributed by atoms with Gasteiger partial charge in [-0.15, -0.1) is 0 Å². The molecule has 0 atom stereocenters. The number of aromatic nitrogens is 1. The summed E-state index contributed by atoms with van der Waals surface area (Å²) in [6.45, 7) is 3.62. The molecular weight excluding hydrogens is 371 g/mol. The molecule has 3 aromatic rings. The van der Waals surface area contributed by atoms with Crippen LogP contribution in [0, 0.1) is 12.7 Å². The molecule has 0 unspecified atom stereocenters. The summed E-state index contributed by atoms with van der Waals surface area (Å²) in [5, 5.41) is 4.14. The van der Waals surface area contributed by atoms with Crippen molar-refractivity contribution in [3.8, 4) is 17.1 Å². The standard InChI is InChI=1S/C23H23FN2O3/c1-16-4-10-19(11-5-16)28-14-2-3-22(27)26-13-12-21-20(15-26)23(29-25-21)17-6-8-18(24)9-7-17/h4-11H,2-3,12-15H2,1H3. The molecular formula is C23H23FN2O3. The minimum Gasteiger partial charge on any atom is -0.494 e. The average molecular weight is 394 g/mol. The monoisotopic (exact) mass is 394 g/mol. The normalized spacial score (nSPS) is 13.2. The molecule has 150 valence electrons. The predicted molar refractivity (Wildman–Crippen MR) is 107 cm³/mol. The van der Waals surface area contributed by atoms with Gasteiger partial charge < -0.3 is 14.2 Å². The number of benzene rings is 2. The van der Waals surface area contributed by atoms with Crippen LogP contribution >= 0.6 is 0 Å². The number of rotatable bonds is 6. The number of hydrogen-bond donors (Lipinski definition) is 0. The summed E-state index contributed by atoms with van der Waals surface area (Å²) < 4.78 is 24.4. The van der Waals surface area contributed by atoms with Gasteiger partial charge in [-0.1, -0.05) is 22.9 Å². The van der Waals surface area contributed by atoms with E-state index < -0.39 is 0 Å². The molecule has 0 bridgehead atoms. The lowest BCUT2D eigenvalue weighted by atomic mass is 10.0. The molecule has 0 aliphatic carbocycles. The molecule has 29 heavy (non-hydrogen) atoms. The van der Waals surface area contributed by atoms with Gasteiger partial charge in [-0.05, 0) is 49.7 Å². The number of amides is 1. The number of carbonyl (C=O) groups excluding carboxylic acids is 1. The largest absolute Gasteiger partial charge is 0.494 e. The van der Waals surface area contributed by atoms with Crippen LogP contribution in [0.2, 0.25) is 0 Å². The van der Waals surface area contributed by atoms with Gasteiger partial charge in [0.2, 0.25) is 5.91 Å². The summed E-state index contributed by atoms with van der Waals surface area (Å²) in [6.07, 6.45) is 1.74. The van der Waals surface area contributed by atoms with Crippen molar-refractivity contribution in [2.45, 2.75) is 32.7 Å². The summed E-state index contributed by atoms with van der Waals surface area (Å²) in [7, 11) is 0. The first kappa shape index (κ1) is 19.2. The van der Waals surface area contributed by atoms with Crippen LogP contribution in [0.15, 0.2) is 53.1 Å². The molecule has 6 heteroatoms. The van der Waals surface area contributed by atoms with Crippen LogP contribution in [-0.4, -0.2) is 29.1 Å². The van der Waals surface area contributed by atoms with E-state index in [9.17, 15) is 9.18 Å². The van der Waals surface area contributed by atoms with E-state index in [1.807, 2.05) is 36.1 Å². The SMILES string of the molecule is Cc1ccc(OCCCC(=O)N2CCc3noc(-c4ccc(F)cc4)c3C2)cc1. The first-order chi connectivity index (χ1) is 14.1. The van der Waals surface area contributed by atoms with Gasteiger partial charge in [-0.3, -0.25) is 4.79 Å². The fraction of sp³-hybridized carbons (Fsp3) is 0.304. The van der Waals surface area contributed by atoms with Crippen LogP contribution in [0.4, 0.5) is 4.39 Å². The van der Waals surface area contributed by atoms with E-state index in [0.29, 0.717) is 44.7 Å². The van der Waals surface area contributed by atoms with Crippen LogP contribution in [-0.2, 0) is 17.8 Å². The first-order valence-electron chi connectivity index (χ1n) is 9.81. The zero-order valence-corrected chi connectivity index (χ0v) is 16.4. The highest BCUT2D eigenvalue weighted by molar-refractivity contribution is 5.77. The molecule has 5 nitrogen and oxygen atoms in total. The zero-order valence-electron chi connectivity index (χ0n) is 16.4. The number of carbonyl (C=O) groups is 1. The van der Waals surface area contributed by atoms with Crippen LogP contribution in [0.5, 0.6) is 5.75 Å². The van der Waals surface area contributed by atoms with Gasteiger partial charge in [0.05, 0.1) is 18.8 Å². The van der Waals surface area contributed by atoms with Crippen molar-refractivity contribution in [2.24, 2.45) is 0 Å². The van der Waals surface area contributed by atoms with Gasteiger partial charge in [0, 0.05) is 30.5 Å². The number of nitrogens with zero attached hydrogens (tertiary/aromatic N) is 2. The van der Waals surface area contributed by atoms with E-state index in [4.69, 9.17) is 9.26 Å². The van der Waals surface area contributed by atoms with Gasteiger partial charge >= 0.3 is 0 Å². The van der Waals surface area contributed by atoms with Gasteiger partial charge in [-0.2, -0.15) is 0 Å². The van der Waals surface area contributed by atoms with E-state index >= 15 is 0 Å². The minimum atomic E-state index is -0.299. The van der Waals surface area contributed by atoms with Gasteiger partial charge in [0.1, 0.15) is 11.6 Å². The molecule has 2 heterocycles. The molecule has 0 radical (unpaired) electrons. The van der Waals surface area contributed by atoms with E-state index in [0.717, 1.165) is 22.6 Å². The second kappa shape index (κ2) is 8.47. The third kappa shape index (κ3) is 4.47. The van der Waals surface area contributed by atoms with E-state index in [-0.39, 0.29) is 11.7 Å². The third-order valence-corrected chi connectivity index (χ3v) is 5.12. The van der Waals surface area contributed by atoms with Crippen LogP contribution in [0.3, 0.4) is 0 Å². The van der Waals surface area contributed by atoms with Gasteiger partial charge in [0.15, 0.2) is 5.76 Å². The van der Waals surface area contributed by atoms with Crippen molar-refractivity contribution in [1.29, 1.82) is 0 Å². The summed E-state index contributed by atoms with van der Waals surface area (Å²) in [6, 6.07) is 14.0. The number of halogens is 1. The molecule has 0 N–H and O–H groups in total. The maximum atomic E-state index is 13.2. The van der Waals surface area contributed by atoms with Crippen molar-refractivity contribution in [3.63, 3.8) is 0 Å². The quantitative estimate of drug-likeness (QED) is 0.576. The topological polar surface area (TPSA) is 55.6 Å². The van der Waals surface area contributed by atoms with E-state index in [1.54, 1.807) is 12.1 Å². The number of aryl methyl sites for hydroxylation is 1. The Morgan fingerprint density at radius 2 is 1.93 bits per heavy atom. The van der Waals surface area contributed by atoms with Crippen molar-refractivity contribution < 1.29 is 18.4 Å². The van der Waals surface area contributed by atoms with E-state index in [1.165, 1.54) is 17.7 Å².